The molecule has 0 unspecified atom stereocenters. The Morgan fingerprint density at radius 3 is 2.53 bits per heavy atom. The van der Waals surface area contributed by atoms with Gasteiger partial charge in [0.2, 0.25) is 0 Å². The summed E-state index contributed by atoms with van der Waals surface area (Å²) in [6, 6.07) is 2.92. The molecule has 0 amide bonds. The van der Waals surface area contributed by atoms with E-state index in [4.69, 9.17) is 16.3 Å². The highest BCUT2D eigenvalue weighted by Gasteiger charge is 2.26. The summed E-state index contributed by atoms with van der Waals surface area (Å²) in [6.45, 7) is 3.32. The normalized spacial score (nSPS) is 11.6. The molecule has 0 atom stereocenters. The lowest BCUT2D eigenvalue weighted by molar-refractivity contribution is 0.214. The number of benzene rings is 1. The van der Waals surface area contributed by atoms with Gasteiger partial charge in [-0.2, -0.15) is 0 Å². The minimum absolute atomic E-state index is 0.0963. The summed E-state index contributed by atoms with van der Waals surface area (Å²) in [7, 11) is 1.38. The molecule has 0 aromatic heterocycles. The quantitative estimate of drug-likeness (QED) is 0.869. The molecule has 0 saturated heterocycles. The lowest BCUT2D eigenvalue weighted by Crippen LogP contribution is -2.23. The molecule has 84 valence electrons. The van der Waals surface area contributed by atoms with Gasteiger partial charge in [0, 0.05) is 22.1 Å². The van der Waals surface area contributed by atoms with E-state index >= 15 is 0 Å². The van der Waals surface area contributed by atoms with Crippen LogP contribution in [0, 0.1) is 5.82 Å². The SMILES string of the molecule is COc1cc(Cl)cc(C(C)(C)CO)c1F. The molecule has 2 nitrogen and oxygen atoms in total. The summed E-state index contributed by atoms with van der Waals surface area (Å²) in [4.78, 5) is 0. The van der Waals surface area contributed by atoms with E-state index in [1.807, 2.05) is 0 Å². The fourth-order valence-corrected chi connectivity index (χ4v) is 1.50. The van der Waals surface area contributed by atoms with E-state index in [1.54, 1.807) is 13.8 Å². The molecule has 4 heteroatoms. The van der Waals surface area contributed by atoms with Gasteiger partial charge in [0.05, 0.1) is 13.7 Å². The highest BCUT2D eigenvalue weighted by Crippen LogP contribution is 2.33. The van der Waals surface area contributed by atoms with Gasteiger partial charge in [-0.25, -0.2) is 4.39 Å². The summed E-state index contributed by atoms with van der Waals surface area (Å²) in [5.74, 6) is -0.375. The molecule has 15 heavy (non-hydrogen) atoms. The highest BCUT2D eigenvalue weighted by molar-refractivity contribution is 6.30. The van der Waals surface area contributed by atoms with E-state index in [0.717, 1.165) is 0 Å². The Balaban J connectivity index is 3.35. The Bertz CT molecular complexity index is 364. The summed E-state index contributed by atoms with van der Waals surface area (Å²) >= 11 is 5.84. The first kappa shape index (κ1) is 12.3. The van der Waals surface area contributed by atoms with Gasteiger partial charge in [0.25, 0.3) is 0 Å². The second-order valence-electron chi connectivity index (χ2n) is 4.01. The van der Waals surface area contributed by atoms with E-state index in [9.17, 15) is 9.50 Å². The van der Waals surface area contributed by atoms with Crippen molar-refractivity contribution in [2.45, 2.75) is 19.3 Å². The van der Waals surface area contributed by atoms with Crippen LogP contribution < -0.4 is 4.74 Å². The van der Waals surface area contributed by atoms with E-state index in [1.165, 1.54) is 19.2 Å². The second kappa shape index (κ2) is 4.37. The fraction of sp³-hybridized carbons (Fsp3) is 0.455. The topological polar surface area (TPSA) is 29.5 Å². The third-order valence-electron chi connectivity index (χ3n) is 2.35. The van der Waals surface area contributed by atoms with Crippen LogP contribution in [0.4, 0.5) is 4.39 Å². The van der Waals surface area contributed by atoms with Gasteiger partial charge in [-0.05, 0) is 6.07 Å². The number of aliphatic hydroxyl groups excluding tert-OH is 1. The third-order valence-corrected chi connectivity index (χ3v) is 2.57. The van der Waals surface area contributed by atoms with Gasteiger partial charge in [0.1, 0.15) is 0 Å². The first-order valence-corrected chi connectivity index (χ1v) is 4.94. The zero-order valence-corrected chi connectivity index (χ0v) is 9.73. The van der Waals surface area contributed by atoms with Gasteiger partial charge in [-0.3, -0.25) is 0 Å². The molecule has 0 fully saturated rings. The molecule has 1 aromatic carbocycles. The zero-order chi connectivity index (χ0) is 11.6. The molecule has 0 heterocycles. The molecule has 1 N–H and O–H groups in total. The number of hydrogen-bond acceptors (Lipinski definition) is 2. The average Bonchev–Trinajstić information content (AvgIpc) is 2.20. The van der Waals surface area contributed by atoms with Crippen LogP contribution >= 0.6 is 11.6 Å². The van der Waals surface area contributed by atoms with Crippen LogP contribution in [0.3, 0.4) is 0 Å². The lowest BCUT2D eigenvalue weighted by atomic mass is 9.85. The van der Waals surface area contributed by atoms with Crippen molar-refractivity contribution in [2.24, 2.45) is 0 Å². The Labute approximate surface area is 93.6 Å². The molecule has 0 aliphatic carbocycles. The van der Waals surface area contributed by atoms with Crippen molar-refractivity contribution in [1.29, 1.82) is 0 Å². The molecule has 0 aliphatic rings. The molecular formula is C11H14ClFO2. The fourth-order valence-electron chi connectivity index (χ4n) is 1.29. The largest absolute Gasteiger partial charge is 0.494 e. The summed E-state index contributed by atoms with van der Waals surface area (Å²) in [5.41, 5.74) is -0.322. The summed E-state index contributed by atoms with van der Waals surface area (Å²) in [6.07, 6.45) is 0. The van der Waals surface area contributed by atoms with Crippen molar-refractivity contribution in [3.05, 3.63) is 28.5 Å². The number of methoxy groups -OCH3 is 1. The molecule has 0 spiro atoms. The number of ether oxygens (including phenoxy) is 1. The van der Waals surface area contributed by atoms with Crippen molar-refractivity contribution in [3.8, 4) is 5.75 Å². The predicted molar refractivity (Wildman–Crippen MR) is 58.1 cm³/mol. The van der Waals surface area contributed by atoms with Crippen LogP contribution in [-0.2, 0) is 5.41 Å². The Kier molecular flexibility index (Phi) is 3.58. The Morgan fingerprint density at radius 1 is 1.47 bits per heavy atom. The highest BCUT2D eigenvalue weighted by atomic mass is 35.5. The first-order valence-electron chi connectivity index (χ1n) is 4.56. The monoisotopic (exact) mass is 232 g/mol. The minimum atomic E-state index is -0.678. The van der Waals surface area contributed by atoms with Gasteiger partial charge >= 0.3 is 0 Å². The molecule has 0 saturated carbocycles. The van der Waals surface area contributed by atoms with Gasteiger partial charge < -0.3 is 9.84 Å². The third kappa shape index (κ3) is 2.41. The minimum Gasteiger partial charge on any atom is -0.494 e. The molecule has 0 aliphatic heterocycles. The van der Waals surface area contributed by atoms with E-state index in [-0.39, 0.29) is 12.4 Å². The molecular weight excluding hydrogens is 219 g/mol. The number of aliphatic hydroxyl groups is 1. The van der Waals surface area contributed by atoms with Crippen molar-refractivity contribution in [2.75, 3.05) is 13.7 Å². The number of rotatable bonds is 3. The maximum Gasteiger partial charge on any atom is 0.168 e. The molecule has 0 bridgehead atoms. The zero-order valence-electron chi connectivity index (χ0n) is 8.97. The molecule has 1 rings (SSSR count). The van der Waals surface area contributed by atoms with Crippen molar-refractivity contribution >= 4 is 11.6 Å². The van der Waals surface area contributed by atoms with Gasteiger partial charge in [-0.15, -0.1) is 0 Å². The van der Waals surface area contributed by atoms with Crippen molar-refractivity contribution < 1.29 is 14.2 Å². The van der Waals surface area contributed by atoms with E-state index in [0.29, 0.717) is 10.6 Å². The van der Waals surface area contributed by atoms with Crippen LogP contribution in [0.15, 0.2) is 12.1 Å². The maximum absolute atomic E-state index is 13.8. The predicted octanol–water partition coefficient (Wildman–Crippen LogP) is 2.76. The second-order valence-corrected chi connectivity index (χ2v) is 4.45. The molecule has 0 radical (unpaired) electrons. The lowest BCUT2D eigenvalue weighted by Gasteiger charge is -2.23. The summed E-state index contributed by atoms with van der Waals surface area (Å²) < 4.78 is 18.7. The van der Waals surface area contributed by atoms with E-state index in [2.05, 4.69) is 0 Å². The van der Waals surface area contributed by atoms with Gasteiger partial charge in [-0.1, -0.05) is 25.4 Å². The van der Waals surface area contributed by atoms with Crippen LogP contribution in [0.5, 0.6) is 5.75 Å². The maximum atomic E-state index is 13.8. The van der Waals surface area contributed by atoms with Crippen molar-refractivity contribution in [3.63, 3.8) is 0 Å². The average molecular weight is 233 g/mol. The van der Waals surface area contributed by atoms with Gasteiger partial charge in [0.15, 0.2) is 11.6 Å². The smallest absolute Gasteiger partial charge is 0.168 e. The Hall–Kier alpha value is -0.800. The van der Waals surface area contributed by atoms with Crippen LogP contribution in [0.2, 0.25) is 5.02 Å². The standard InChI is InChI=1S/C11H14ClFO2/c1-11(2,6-14)8-4-7(12)5-9(15-3)10(8)13/h4-5,14H,6H2,1-3H3. The molecule has 1 aromatic rings. The van der Waals surface area contributed by atoms with E-state index < -0.39 is 11.2 Å². The van der Waals surface area contributed by atoms with Crippen LogP contribution in [0.1, 0.15) is 19.4 Å². The van der Waals surface area contributed by atoms with Crippen molar-refractivity contribution in [1.82, 2.24) is 0 Å². The van der Waals surface area contributed by atoms with Crippen LogP contribution in [-0.4, -0.2) is 18.8 Å². The van der Waals surface area contributed by atoms with Crippen LogP contribution in [0.25, 0.3) is 0 Å². The summed E-state index contributed by atoms with van der Waals surface area (Å²) in [5, 5.41) is 9.57. The Morgan fingerprint density at radius 2 is 2.07 bits per heavy atom. The first-order chi connectivity index (χ1) is 6.92. The number of hydrogen-bond donors (Lipinski definition) is 1. The number of halogens is 2.